The number of carbonyl (C=O) groups is 3. The summed E-state index contributed by atoms with van der Waals surface area (Å²) in [5.74, 6) is -1.37. The van der Waals surface area contributed by atoms with Crippen LogP contribution < -0.4 is 5.32 Å². The van der Waals surface area contributed by atoms with Crippen LogP contribution in [0.4, 0.5) is 5.69 Å². The second kappa shape index (κ2) is 8.13. The van der Waals surface area contributed by atoms with Crippen LogP contribution in [-0.4, -0.2) is 38.4 Å². The van der Waals surface area contributed by atoms with Gasteiger partial charge < -0.3 is 10.1 Å². The molecule has 0 aliphatic carbocycles. The van der Waals surface area contributed by atoms with Crippen LogP contribution in [0.2, 0.25) is 0 Å². The Morgan fingerprint density at radius 2 is 1.44 bits per heavy atom. The van der Waals surface area contributed by atoms with Gasteiger partial charge in [0.15, 0.2) is 21.7 Å². The van der Waals surface area contributed by atoms with Gasteiger partial charge in [-0.1, -0.05) is 0 Å². The molecule has 27 heavy (non-hydrogen) atoms. The number of Topliss-reactive ketones (excluding diaryl/α,β-unsaturated/α-hetero) is 1. The van der Waals surface area contributed by atoms with Gasteiger partial charge in [0.1, 0.15) is 0 Å². The first kappa shape index (κ1) is 20.3. The number of anilines is 1. The summed E-state index contributed by atoms with van der Waals surface area (Å²) >= 11 is 0. The minimum absolute atomic E-state index is 0.0823. The normalized spacial score (nSPS) is 12.1. The fourth-order valence-electron chi connectivity index (χ4n) is 2.15. The van der Waals surface area contributed by atoms with Crippen LogP contribution in [0.15, 0.2) is 53.4 Å². The number of ether oxygens (including phenoxy) is 1. The van der Waals surface area contributed by atoms with Crippen molar-refractivity contribution in [2.75, 3.05) is 11.6 Å². The Kier molecular flexibility index (Phi) is 6.12. The van der Waals surface area contributed by atoms with E-state index >= 15 is 0 Å². The molecule has 0 radical (unpaired) electrons. The number of nitrogens with one attached hydrogen (secondary N) is 1. The van der Waals surface area contributed by atoms with Crippen LogP contribution in [0.25, 0.3) is 0 Å². The number of hydrogen-bond acceptors (Lipinski definition) is 6. The Labute approximate surface area is 157 Å². The Hall–Kier alpha value is -3.00. The number of esters is 1. The lowest BCUT2D eigenvalue weighted by Crippen LogP contribution is -2.30. The molecule has 0 aromatic heterocycles. The summed E-state index contributed by atoms with van der Waals surface area (Å²) in [5, 5.41) is 2.59. The number of sulfone groups is 1. The molecule has 2 aromatic rings. The molecule has 0 aliphatic heterocycles. The third-order valence-corrected chi connectivity index (χ3v) is 4.86. The van der Waals surface area contributed by atoms with Crippen molar-refractivity contribution in [3.05, 3.63) is 59.7 Å². The van der Waals surface area contributed by atoms with Crippen LogP contribution in [0, 0.1) is 0 Å². The van der Waals surface area contributed by atoms with Gasteiger partial charge in [-0.05, 0) is 62.4 Å². The largest absolute Gasteiger partial charge is 0.449 e. The zero-order valence-corrected chi connectivity index (χ0v) is 15.9. The molecule has 0 unspecified atom stereocenters. The minimum atomic E-state index is -3.36. The standard InChI is InChI=1S/C19H19NO6S/c1-12(21)14-4-8-16(9-5-14)20-18(22)13(2)26-19(23)15-6-10-17(11-7-15)27(3,24)25/h4-11,13H,1-3H3,(H,20,22)/t13-/m0/s1. The summed E-state index contributed by atoms with van der Waals surface area (Å²) in [6.45, 7) is 2.86. The van der Waals surface area contributed by atoms with E-state index in [-0.39, 0.29) is 16.2 Å². The highest BCUT2D eigenvalue weighted by molar-refractivity contribution is 7.90. The first-order chi connectivity index (χ1) is 12.6. The Morgan fingerprint density at radius 3 is 1.93 bits per heavy atom. The molecule has 8 heteroatoms. The van der Waals surface area contributed by atoms with Crippen LogP contribution in [-0.2, 0) is 19.4 Å². The van der Waals surface area contributed by atoms with Gasteiger partial charge in [-0.25, -0.2) is 13.2 Å². The molecule has 7 nitrogen and oxygen atoms in total. The average molecular weight is 389 g/mol. The van der Waals surface area contributed by atoms with E-state index in [0.29, 0.717) is 11.3 Å². The molecule has 0 spiro atoms. The first-order valence-electron chi connectivity index (χ1n) is 8.01. The monoisotopic (exact) mass is 389 g/mol. The van der Waals surface area contributed by atoms with Gasteiger partial charge in [-0.15, -0.1) is 0 Å². The predicted molar refractivity (Wildman–Crippen MR) is 99.5 cm³/mol. The maximum Gasteiger partial charge on any atom is 0.338 e. The molecule has 0 fully saturated rings. The number of amides is 1. The maximum absolute atomic E-state index is 12.1. The zero-order valence-electron chi connectivity index (χ0n) is 15.1. The van der Waals surface area contributed by atoms with E-state index in [2.05, 4.69) is 5.32 Å². The summed E-state index contributed by atoms with van der Waals surface area (Å²) in [6, 6.07) is 11.6. The van der Waals surface area contributed by atoms with E-state index in [1.54, 1.807) is 24.3 Å². The summed E-state index contributed by atoms with van der Waals surface area (Å²) in [7, 11) is -3.36. The molecule has 1 amide bonds. The molecular weight excluding hydrogens is 370 g/mol. The second-order valence-electron chi connectivity index (χ2n) is 5.97. The summed E-state index contributed by atoms with van der Waals surface area (Å²) in [6.07, 6.45) is -0.00468. The molecule has 142 valence electrons. The quantitative estimate of drug-likeness (QED) is 0.601. The van der Waals surface area contributed by atoms with Crippen LogP contribution >= 0.6 is 0 Å². The van der Waals surface area contributed by atoms with Crippen molar-refractivity contribution >= 4 is 33.2 Å². The van der Waals surface area contributed by atoms with E-state index in [4.69, 9.17) is 4.74 Å². The molecule has 1 atom stereocenters. The summed E-state index contributed by atoms with van der Waals surface area (Å²) in [5.41, 5.74) is 1.11. The van der Waals surface area contributed by atoms with Gasteiger partial charge in [0.25, 0.3) is 5.91 Å². The van der Waals surface area contributed by atoms with Crippen molar-refractivity contribution in [1.82, 2.24) is 0 Å². The lowest BCUT2D eigenvalue weighted by molar-refractivity contribution is -0.123. The van der Waals surface area contributed by atoms with Crippen molar-refractivity contribution in [3.8, 4) is 0 Å². The van der Waals surface area contributed by atoms with Gasteiger partial charge in [0.05, 0.1) is 10.5 Å². The molecular formula is C19H19NO6S. The van der Waals surface area contributed by atoms with Gasteiger partial charge in [0.2, 0.25) is 0 Å². The SMILES string of the molecule is CC(=O)c1ccc(NC(=O)[C@H](C)OC(=O)c2ccc(S(C)(=O)=O)cc2)cc1. The van der Waals surface area contributed by atoms with Crippen molar-refractivity contribution < 1.29 is 27.5 Å². The lowest BCUT2D eigenvalue weighted by atomic mass is 10.1. The number of hydrogen-bond donors (Lipinski definition) is 1. The second-order valence-corrected chi connectivity index (χ2v) is 7.98. The highest BCUT2D eigenvalue weighted by atomic mass is 32.2. The van der Waals surface area contributed by atoms with E-state index in [0.717, 1.165) is 6.26 Å². The van der Waals surface area contributed by atoms with Crippen LogP contribution in [0.1, 0.15) is 34.6 Å². The molecule has 2 rings (SSSR count). The maximum atomic E-state index is 12.1. The molecule has 2 aromatic carbocycles. The predicted octanol–water partition coefficient (Wildman–Crippen LogP) is 2.48. The van der Waals surface area contributed by atoms with Crippen LogP contribution in [0.5, 0.6) is 0 Å². The number of rotatable bonds is 6. The van der Waals surface area contributed by atoms with E-state index in [9.17, 15) is 22.8 Å². The van der Waals surface area contributed by atoms with Crippen molar-refractivity contribution in [1.29, 1.82) is 0 Å². The Balaban J connectivity index is 1.98. The van der Waals surface area contributed by atoms with Gasteiger partial charge >= 0.3 is 5.97 Å². The first-order valence-corrected chi connectivity index (χ1v) is 9.90. The van der Waals surface area contributed by atoms with E-state index in [1.807, 2.05) is 0 Å². The van der Waals surface area contributed by atoms with E-state index in [1.165, 1.54) is 38.1 Å². The smallest absolute Gasteiger partial charge is 0.338 e. The van der Waals surface area contributed by atoms with Crippen LogP contribution in [0.3, 0.4) is 0 Å². The molecule has 0 saturated carbocycles. The number of ketones is 1. The van der Waals surface area contributed by atoms with Gasteiger partial charge in [-0.2, -0.15) is 0 Å². The Morgan fingerprint density at radius 1 is 0.926 bits per heavy atom. The minimum Gasteiger partial charge on any atom is -0.449 e. The highest BCUT2D eigenvalue weighted by Crippen LogP contribution is 2.14. The van der Waals surface area contributed by atoms with Crippen molar-refractivity contribution in [2.45, 2.75) is 24.8 Å². The molecule has 0 aliphatic rings. The summed E-state index contributed by atoms with van der Waals surface area (Å²) < 4.78 is 28.0. The topological polar surface area (TPSA) is 107 Å². The molecule has 0 bridgehead atoms. The van der Waals surface area contributed by atoms with Crippen molar-refractivity contribution in [2.24, 2.45) is 0 Å². The Bertz CT molecular complexity index is 962. The fourth-order valence-corrected chi connectivity index (χ4v) is 2.78. The third-order valence-electron chi connectivity index (χ3n) is 3.73. The molecule has 0 saturated heterocycles. The number of carbonyl (C=O) groups excluding carboxylic acids is 3. The molecule has 0 heterocycles. The highest BCUT2D eigenvalue weighted by Gasteiger charge is 2.19. The average Bonchev–Trinajstić information content (AvgIpc) is 2.61. The summed E-state index contributed by atoms with van der Waals surface area (Å²) in [4.78, 5) is 35.6. The van der Waals surface area contributed by atoms with Gasteiger partial charge in [0, 0.05) is 17.5 Å². The third kappa shape index (κ3) is 5.49. The van der Waals surface area contributed by atoms with Crippen molar-refractivity contribution in [3.63, 3.8) is 0 Å². The molecule has 1 N–H and O–H groups in total. The van der Waals surface area contributed by atoms with Gasteiger partial charge in [-0.3, -0.25) is 9.59 Å². The zero-order chi connectivity index (χ0) is 20.2. The fraction of sp³-hybridized carbons (Fsp3) is 0.211. The number of benzene rings is 2. The van der Waals surface area contributed by atoms with E-state index < -0.39 is 27.8 Å². The lowest BCUT2D eigenvalue weighted by Gasteiger charge is -2.14.